The molecule has 3 rings (SSSR count). The predicted molar refractivity (Wildman–Crippen MR) is 51.0 cm³/mol. The van der Waals surface area contributed by atoms with Crippen LogP contribution in [-0.4, -0.2) is 0 Å². The molecule has 0 radical (unpaired) electrons. The van der Waals surface area contributed by atoms with E-state index in [1.165, 1.54) is 23.3 Å². The van der Waals surface area contributed by atoms with Crippen molar-refractivity contribution in [3.8, 4) is 6.07 Å². The van der Waals surface area contributed by atoms with Crippen molar-refractivity contribution in [2.45, 2.75) is 12.8 Å². The third kappa shape index (κ3) is 0.922. The summed E-state index contributed by atoms with van der Waals surface area (Å²) in [5.41, 5.74) is 2.35. The molecule has 1 heteroatoms. The van der Waals surface area contributed by atoms with Gasteiger partial charge in [0.15, 0.2) is 0 Å². The molecule has 1 saturated carbocycles. The van der Waals surface area contributed by atoms with E-state index in [1.54, 1.807) is 5.57 Å². The Hall–Kier alpha value is -1.55. The normalized spacial score (nSPS) is 22.4. The SMILES string of the molecule is N#Cc1ccc2c(c1)=C1CC1CC=2. The largest absolute Gasteiger partial charge is 0.192 e. The number of rotatable bonds is 0. The van der Waals surface area contributed by atoms with E-state index in [1.807, 2.05) is 12.1 Å². The van der Waals surface area contributed by atoms with Crippen LogP contribution >= 0.6 is 0 Å². The molecule has 2 aliphatic carbocycles. The first-order valence-corrected chi connectivity index (χ1v) is 4.62. The summed E-state index contributed by atoms with van der Waals surface area (Å²) < 4.78 is 0. The number of hydrogen-bond donors (Lipinski definition) is 0. The first kappa shape index (κ1) is 6.91. The lowest BCUT2D eigenvalue weighted by Crippen LogP contribution is -2.26. The Morgan fingerprint density at radius 3 is 3.15 bits per heavy atom. The number of nitriles is 1. The molecular weight excluding hydrogens is 158 g/mol. The molecule has 2 aliphatic rings. The fraction of sp³-hybridized carbons (Fsp3) is 0.250. The second-order valence-electron chi connectivity index (χ2n) is 3.78. The minimum absolute atomic E-state index is 0.784. The van der Waals surface area contributed by atoms with Gasteiger partial charge < -0.3 is 0 Å². The van der Waals surface area contributed by atoms with E-state index in [4.69, 9.17) is 5.26 Å². The van der Waals surface area contributed by atoms with Crippen LogP contribution in [-0.2, 0) is 0 Å². The Balaban J connectivity index is 2.42. The third-order valence-corrected chi connectivity index (χ3v) is 2.95. The highest BCUT2D eigenvalue weighted by atomic mass is 14.3. The van der Waals surface area contributed by atoms with E-state index in [-0.39, 0.29) is 0 Å². The molecular formula is C12H9N. The van der Waals surface area contributed by atoms with Crippen LogP contribution in [0.2, 0.25) is 0 Å². The molecule has 1 aromatic rings. The van der Waals surface area contributed by atoms with Gasteiger partial charge in [0.05, 0.1) is 11.6 Å². The summed E-state index contributed by atoms with van der Waals surface area (Å²) in [6.07, 6.45) is 4.74. The Kier molecular flexibility index (Phi) is 1.19. The number of benzene rings is 1. The van der Waals surface area contributed by atoms with E-state index in [2.05, 4.69) is 18.2 Å². The summed E-state index contributed by atoms with van der Waals surface area (Å²) >= 11 is 0. The van der Waals surface area contributed by atoms with Gasteiger partial charge in [-0.25, -0.2) is 0 Å². The van der Waals surface area contributed by atoms with Crippen molar-refractivity contribution in [1.82, 2.24) is 0 Å². The van der Waals surface area contributed by atoms with Crippen LogP contribution in [0.25, 0.3) is 11.6 Å². The molecule has 0 aliphatic heterocycles. The fourth-order valence-electron chi connectivity index (χ4n) is 2.11. The van der Waals surface area contributed by atoms with Gasteiger partial charge in [-0.1, -0.05) is 17.7 Å². The molecule has 13 heavy (non-hydrogen) atoms. The molecule has 1 atom stereocenters. The molecule has 1 aromatic carbocycles. The third-order valence-electron chi connectivity index (χ3n) is 2.95. The van der Waals surface area contributed by atoms with Gasteiger partial charge in [0, 0.05) is 0 Å². The van der Waals surface area contributed by atoms with Crippen LogP contribution in [0.1, 0.15) is 18.4 Å². The smallest absolute Gasteiger partial charge is 0.0991 e. The molecule has 62 valence electrons. The lowest BCUT2D eigenvalue weighted by atomic mass is 10.1. The second-order valence-corrected chi connectivity index (χ2v) is 3.78. The van der Waals surface area contributed by atoms with E-state index in [0.717, 1.165) is 11.5 Å². The van der Waals surface area contributed by atoms with Gasteiger partial charge in [0.1, 0.15) is 0 Å². The maximum atomic E-state index is 8.77. The predicted octanol–water partition coefficient (Wildman–Crippen LogP) is 0.913. The first-order valence-electron chi connectivity index (χ1n) is 4.62. The van der Waals surface area contributed by atoms with Crippen molar-refractivity contribution in [1.29, 1.82) is 5.26 Å². The quantitative estimate of drug-likeness (QED) is 0.563. The summed E-state index contributed by atoms with van der Waals surface area (Å²) in [6.45, 7) is 0. The van der Waals surface area contributed by atoms with Crippen LogP contribution < -0.4 is 10.4 Å². The Labute approximate surface area is 76.6 Å². The highest BCUT2D eigenvalue weighted by Gasteiger charge is 2.30. The summed E-state index contributed by atoms with van der Waals surface area (Å²) in [5.74, 6) is 0.807. The lowest BCUT2D eigenvalue weighted by molar-refractivity contribution is 0.929. The second kappa shape index (κ2) is 2.23. The Bertz CT molecular complexity index is 531. The average molecular weight is 167 g/mol. The van der Waals surface area contributed by atoms with Crippen LogP contribution in [0.3, 0.4) is 0 Å². The lowest BCUT2D eigenvalue weighted by Gasteiger charge is -1.98. The maximum Gasteiger partial charge on any atom is 0.0991 e. The van der Waals surface area contributed by atoms with Gasteiger partial charge in [-0.3, -0.25) is 0 Å². The first-order chi connectivity index (χ1) is 6.38. The number of hydrogen-bond acceptors (Lipinski definition) is 1. The summed E-state index contributed by atoms with van der Waals surface area (Å²) in [5, 5.41) is 11.4. The van der Waals surface area contributed by atoms with Gasteiger partial charge >= 0.3 is 0 Å². The van der Waals surface area contributed by atoms with E-state index >= 15 is 0 Å². The summed E-state index contributed by atoms with van der Waals surface area (Å²) in [7, 11) is 0. The molecule has 1 unspecified atom stereocenters. The minimum Gasteiger partial charge on any atom is -0.192 e. The van der Waals surface area contributed by atoms with Crippen molar-refractivity contribution >= 4 is 11.6 Å². The standard InChI is InChI=1S/C12H9N/c13-7-8-1-2-9-3-4-10-6-12(10)11(9)5-8/h1-3,5,10H,4,6H2. The Morgan fingerprint density at radius 1 is 1.38 bits per heavy atom. The number of fused-ring (bicyclic) bond motifs is 2. The molecule has 0 heterocycles. The molecule has 0 N–H and O–H groups in total. The average Bonchev–Trinajstić information content (AvgIpc) is 2.96. The van der Waals surface area contributed by atoms with Gasteiger partial charge in [0.25, 0.3) is 0 Å². The topological polar surface area (TPSA) is 23.8 Å². The van der Waals surface area contributed by atoms with Crippen LogP contribution in [0.15, 0.2) is 18.2 Å². The molecule has 1 fully saturated rings. The maximum absolute atomic E-state index is 8.77. The molecule has 0 saturated heterocycles. The highest BCUT2D eigenvalue weighted by molar-refractivity contribution is 5.67. The molecule has 1 nitrogen and oxygen atoms in total. The summed E-state index contributed by atoms with van der Waals surface area (Å²) in [4.78, 5) is 0. The zero-order chi connectivity index (χ0) is 8.84. The van der Waals surface area contributed by atoms with Crippen molar-refractivity contribution < 1.29 is 0 Å². The van der Waals surface area contributed by atoms with Gasteiger partial charge in [-0.15, -0.1) is 0 Å². The zero-order valence-electron chi connectivity index (χ0n) is 7.25. The zero-order valence-corrected chi connectivity index (χ0v) is 7.25. The molecule has 0 aromatic heterocycles. The minimum atomic E-state index is 0.784. The van der Waals surface area contributed by atoms with Crippen molar-refractivity contribution in [3.05, 3.63) is 34.2 Å². The van der Waals surface area contributed by atoms with Crippen molar-refractivity contribution in [3.63, 3.8) is 0 Å². The van der Waals surface area contributed by atoms with Gasteiger partial charge in [0.2, 0.25) is 0 Å². The fourth-order valence-corrected chi connectivity index (χ4v) is 2.11. The van der Waals surface area contributed by atoms with Gasteiger partial charge in [-0.2, -0.15) is 5.26 Å². The van der Waals surface area contributed by atoms with Crippen LogP contribution in [0.5, 0.6) is 0 Å². The van der Waals surface area contributed by atoms with E-state index in [9.17, 15) is 0 Å². The monoisotopic (exact) mass is 167 g/mol. The molecule has 0 bridgehead atoms. The Morgan fingerprint density at radius 2 is 2.31 bits per heavy atom. The van der Waals surface area contributed by atoms with Crippen LogP contribution in [0.4, 0.5) is 0 Å². The van der Waals surface area contributed by atoms with Crippen molar-refractivity contribution in [2.75, 3.05) is 0 Å². The van der Waals surface area contributed by atoms with Crippen LogP contribution in [0, 0.1) is 17.2 Å². The highest BCUT2D eigenvalue weighted by Crippen LogP contribution is 2.42. The van der Waals surface area contributed by atoms with Gasteiger partial charge in [-0.05, 0) is 41.3 Å². The number of nitrogens with zero attached hydrogens (tertiary/aromatic N) is 1. The van der Waals surface area contributed by atoms with Crippen molar-refractivity contribution in [2.24, 2.45) is 5.92 Å². The van der Waals surface area contributed by atoms with E-state index < -0.39 is 0 Å². The molecule has 0 spiro atoms. The summed E-state index contributed by atoms with van der Waals surface area (Å²) in [6, 6.07) is 8.18. The molecule has 0 amide bonds. The van der Waals surface area contributed by atoms with E-state index in [0.29, 0.717) is 0 Å².